The normalized spacial score (nSPS) is 11.0. The van der Waals surface area contributed by atoms with E-state index in [4.69, 9.17) is 0 Å². The van der Waals surface area contributed by atoms with Gasteiger partial charge in [-0.25, -0.2) is 4.79 Å². The molecule has 2 rings (SSSR count). The van der Waals surface area contributed by atoms with Gasteiger partial charge in [0, 0.05) is 20.2 Å². The molecule has 0 amide bonds. The quantitative estimate of drug-likeness (QED) is 0.676. The third-order valence-corrected chi connectivity index (χ3v) is 3.25. The number of nitrogens with zero attached hydrogens (tertiary/aromatic N) is 3. The van der Waals surface area contributed by atoms with Crippen LogP contribution >= 0.6 is 0 Å². The van der Waals surface area contributed by atoms with E-state index < -0.39 is 5.69 Å². The van der Waals surface area contributed by atoms with Gasteiger partial charge in [-0.1, -0.05) is 31.2 Å². The molecule has 0 aliphatic carbocycles. The topological polar surface area (TPSA) is 70.5 Å². The summed E-state index contributed by atoms with van der Waals surface area (Å²) in [6.45, 7) is 2.10. The summed E-state index contributed by atoms with van der Waals surface area (Å²) in [4.78, 5) is 25.7. The number of rotatable bonds is 4. The zero-order valence-electron chi connectivity index (χ0n) is 12.3. The third-order valence-electron chi connectivity index (χ3n) is 3.25. The van der Waals surface area contributed by atoms with E-state index in [1.807, 2.05) is 24.3 Å². The van der Waals surface area contributed by atoms with Crippen LogP contribution in [0.5, 0.6) is 0 Å². The number of benzene rings is 1. The molecule has 110 valence electrons. The predicted molar refractivity (Wildman–Crippen MR) is 84.1 cm³/mol. The molecule has 1 heterocycles. The second kappa shape index (κ2) is 6.21. The van der Waals surface area contributed by atoms with Gasteiger partial charge in [-0.15, -0.1) is 0 Å². The van der Waals surface area contributed by atoms with Crippen molar-refractivity contribution in [3.63, 3.8) is 0 Å². The van der Waals surface area contributed by atoms with Crippen LogP contribution in [0.15, 0.2) is 45.0 Å². The van der Waals surface area contributed by atoms with Crippen LogP contribution in [0.25, 0.3) is 0 Å². The Kier molecular flexibility index (Phi) is 4.37. The number of nitrogens with one attached hydrogen (secondary N) is 1. The van der Waals surface area contributed by atoms with Crippen molar-refractivity contribution in [2.75, 3.05) is 12.1 Å². The van der Waals surface area contributed by atoms with Crippen molar-refractivity contribution < 1.29 is 0 Å². The van der Waals surface area contributed by atoms with Gasteiger partial charge in [0.2, 0.25) is 0 Å². The van der Waals surface area contributed by atoms with Crippen molar-refractivity contribution in [2.24, 2.45) is 12.1 Å². The SMILES string of the molecule is CCc1ccc(/C=N\N(C)c2cc(=O)n(C)c(=O)[nH]2)cc1. The summed E-state index contributed by atoms with van der Waals surface area (Å²) in [5.74, 6) is 0.351. The summed E-state index contributed by atoms with van der Waals surface area (Å²) in [6, 6.07) is 9.37. The molecule has 0 saturated carbocycles. The van der Waals surface area contributed by atoms with Gasteiger partial charge in [-0.3, -0.25) is 19.4 Å². The molecule has 0 fully saturated rings. The number of hydrazone groups is 1. The number of hydrogen-bond donors (Lipinski definition) is 1. The summed E-state index contributed by atoms with van der Waals surface area (Å²) >= 11 is 0. The first-order chi connectivity index (χ1) is 10.0. The molecule has 1 aromatic carbocycles. The van der Waals surface area contributed by atoms with E-state index in [9.17, 15) is 9.59 Å². The highest BCUT2D eigenvalue weighted by atomic mass is 16.2. The molecule has 2 aromatic rings. The lowest BCUT2D eigenvalue weighted by molar-refractivity contribution is 0.766. The Labute approximate surface area is 122 Å². The first kappa shape index (κ1) is 14.8. The van der Waals surface area contributed by atoms with E-state index >= 15 is 0 Å². The second-order valence-electron chi connectivity index (χ2n) is 4.72. The lowest BCUT2D eigenvalue weighted by Crippen LogP contribution is -2.33. The van der Waals surface area contributed by atoms with E-state index in [1.54, 1.807) is 13.3 Å². The fraction of sp³-hybridized carbons (Fsp3) is 0.267. The van der Waals surface area contributed by atoms with E-state index in [-0.39, 0.29) is 5.56 Å². The largest absolute Gasteiger partial charge is 0.329 e. The number of H-pyrrole nitrogens is 1. The lowest BCUT2D eigenvalue weighted by atomic mass is 10.1. The number of hydrogen-bond acceptors (Lipinski definition) is 4. The Balaban J connectivity index is 2.20. The van der Waals surface area contributed by atoms with E-state index in [1.165, 1.54) is 23.7 Å². The van der Waals surface area contributed by atoms with Gasteiger partial charge in [-0.05, 0) is 17.5 Å². The fourth-order valence-corrected chi connectivity index (χ4v) is 1.77. The van der Waals surface area contributed by atoms with Gasteiger partial charge in [0.25, 0.3) is 5.56 Å². The molecule has 0 spiro atoms. The molecule has 0 bridgehead atoms. The number of aromatic amines is 1. The third kappa shape index (κ3) is 3.47. The number of aromatic nitrogens is 2. The van der Waals surface area contributed by atoms with Crippen LogP contribution in [0.4, 0.5) is 5.82 Å². The Morgan fingerprint density at radius 2 is 1.95 bits per heavy atom. The van der Waals surface area contributed by atoms with Crippen molar-refractivity contribution in [3.05, 3.63) is 62.3 Å². The first-order valence-electron chi connectivity index (χ1n) is 6.68. The molecule has 1 N–H and O–H groups in total. The van der Waals surface area contributed by atoms with E-state index in [0.717, 1.165) is 16.6 Å². The summed E-state index contributed by atoms with van der Waals surface area (Å²) in [5, 5.41) is 5.68. The zero-order chi connectivity index (χ0) is 15.4. The maximum Gasteiger partial charge on any atom is 0.329 e. The number of aryl methyl sites for hydroxylation is 1. The lowest BCUT2D eigenvalue weighted by Gasteiger charge is -2.12. The average molecular weight is 286 g/mol. The summed E-state index contributed by atoms with van der Waals surface area (Å²) in [6.07, 6.45) is 2.67. The fourth-order valence-electron chi connectivity index (χ4n) is 1.77. The van der Waals surface area contributed by atoms with Crippen LogP contribution in [0.2, 0.25) is 0 Å². The van der Waals surface area contributed by atoms with Gasteiger partial charge >= 0.3 is 5.69 Å². The van der Waals surface area contributed by atoms with E-state index in [0.29, 0.717) is 5.82 Å². The Bertz CT molecular complexity index is 725. The van der Waals surface area contributed by atoms with Crippen LogP contribution < -0.4 is 16.3 Å². The molecule has 0 radical (unpaired) electrons. The van der Waals surface area contributed by atoms with Crippen LogP contribution in [0.3, 0.4) is 0 Å². The molecule has 0 unspecified atom stereocenters. The zero-order valence-corrected chi connectivity index (χ0v) is 12.3. The van der Waals surface area contributed by atoms with Crippen molar-refractivity contribution in [2.45, 2.75) is 13.3 Å². The monoisotopic (exact) mass is 286 g/mol. The molecule has 1 aromatic heterocycles. The van der Waals surface area contributed by atoms with Gasteiger partial charge in [0.15, 0.2) is 0 Å². The van der Waals surface area contributed by atoms with Gasteiger partial charge in [-0.2, -0.15) is 5.10 Å². The molecular formula is C15H18N4O2. The van der Waals surface area contributed by atoms with Crippen LogP contribution in [-0.4, -0.2) is 22.8 Å². The molecule has 6 heteroatoms. The maximum absolute atomic E-state index is 11.6. The number of anilines is 1. The van der Waals surface area contributed by atoms with Crippen molar-refractivity contribution >= 4 is 12.0 Å². The van der Waals surface area contributed by atoms with E-state index in [2.05, 4.69) is 17.0 Å². The van der Waals surface area contributed by atoms with Crippen molar-refractivity contribution in [1.82, 2.24) is 9.55 Å². The minimum absolute atomic E-state index is 0.351. The van der Waals surface area contributed by atoms with Crippen LogP contribution in [0.1, 0.15) is 18.1 Å². The summed E-state index contributed by atoms with van der Waals surface area (Å²) in [5.41, 5.74) is 1.37. The first-order valence-corrected chi connectivity index (χ1v) is 6.68. The average Bonchev–Trinajstić information content (AvgIpc) is 2.50. The highest BCUT2D eigenvalue weighted by molar-refractivity contribution is 5.80. The molecular weight excluding hydrogens is 268 g/mol. The minimum Gasteiger partial charge on any atom is -0.292 e. The van der Waals surface area contributed by atoms with Gasteiger partial charge < -0.3 is 0 Å². The van der Waals surface area contributed by atoms with Gasteiger partial charge in [0.1, 0.15) is 5.82 Å². The molecule has 0 saturated heterocycles. The summed E-state index contributed by atoms with van der Waals surface area (Å²) in [7, 11) is 3.09. The van der Waals surface area contributed by atoms with Crippen LogP contribution in [0, 0.1) is 0 Å². The molecule has 0 atom stereocenters. The Morgan fingerprint density at radius 1 is 1.29 bits per heavy atom. The standard InChI is InChI=1S/C15H18N4O2/c1-4-11-5-7-12(8-6-11)10-16-19(3)13-9-14(20)18(2)15(21)17-13/h5-10H,4H2,1-3H3,(H,17,21)/b16-10-. The Hall–Kier alpha value is -2.63. The highest BCUT2D eigenvalue weighted by Gasteiger charge is 2.03. The Morgan fingerprint density at radius 3 is 2.52 bits per heavy atom. The predicted octanol–water partition coefficient (Wildman–Crippen LogP) is 1.11. The molecule has 21 heavy (non-hydrogen) atoms. The molecule has 6 nitrogen and oxygen atoms in total. The van der Waals surface area contributed by atoms with Crippen LogP contribution in [-0.2, 0) is 13.5 Å². The maximum atomic E-state index is 11.6. The molecule has 0 aliphatic heterocycles. The molecule has 0 aliphatic rings. The van der Waals surface area contributed by atoms with Crippen molar-refractivity contribution in [1.29, 1.82) is 0 Å². The summed E-state index contributed by atoms with van der Waals surface area (Å²) < 4.78 is 1.00. The van der Waals surface area contributed by atoms with Gasteiger partial charge in [0.05, 0.1) is 6.21 Å². The minimum atomic E-state index is -0.466. The highest BCUT2D eigenvalue weighted by Crippen LogP contribution is 2.05. The smallest absolute Gasteiger partial charge is 0.292 e. The second-order valence-corrected chi connectivity index (χ2v) is 4.72. The van der Waals surface area contributed by atoms with Crippen molar-refractivity contribution in [3.8, 4) is 0 Å².